The van der Waals surface area contributed by atoms with Crippen molar-refractivity contribution in [2.45, 2.75) is 91.9 Å². The van der Waals surface area contributed by atoms with E-state index in [9.17, 15) is 14.7 Å². The van der Waals surface area contributed by atoms with Crippen molar-refractivity contribution in [2.24, 2.45) is 0 Å². The Bertz CT molecular complexity index is 591. The highest BCUT2D eigenvalue weighted by molar-refractivity contribution is 5.99. The Labute approximate surface area is 183 Å². The fourth-order valence-electron chi connectivity index (χ4n) is 3.29. The SMILES string of the molecule is CCCCCCCCCCCC(=O)c1ccc(O)c(C(=O)O)c1.CCN(CC)CC. The lowest BCUT2D eigenvalue weighted by molar-refractivity contribution is 0.0693. The number of carboxylic acids is 1. The number of benzene rings is 1. The van der Waals surface area contributed by atoms with Gasteiger partial charge in [0.2, 0.25) is 0 Å². The van der Waals surface area contributed by atoms with Gasteiger partial charge in [-0.15, -0.1) is 0 Å². The number of aromatic hydroxyl groups is 1. The smallest absolute Gasteiger partial charge is 0.339 e. The van der Waals surface area contributed by atoms with Crippen LogP contribution >= 0.6 is 0 Å². The van der Waals surface area contributed by atoms with Gasteiger partial charge >= 0.3 is 5.97 Å². The van der Waals surface area contributed by atoms with Crippen molar-refractivity contribution >= 4 is 11.8 Å². The Morgan fingerprint density at radius 2 is 1.30 bits per heavy atom. The Kier molecular flexibility index (Phi) is 16.8. The molecular formula is C25H43NO4. The highest BCUT2D eigenvalue weighted by atomic mass is 16.4. The number of hydrogen-bond acceptors (Lipinski definition) is 4. The van der Waals surface area contributed by atoms with Crippen LogP contribution in [0.25, 0.3) is 0 Å². The molecule has 0 spiro atoms. The van der Waals surface area contributed by atoms with Gasteiger partial charge in [0.25, 0.3) is 0 Å². The van der Waals surface area contributed by atoms with Crippen LogP contribution in [0.15, 0.2) is 18.2 Å². The van der Waals surface area contributed by atoms with E-state index in [-0.39, 0.29) is 17.1 Å². The van der Waals surface area contributed by atoms with Gasteiger partial charge in [-0.05, 0) is 44.3 Å². The lowest BCUT2D eigenvalue weighted by atomic mass is 10.0. The highest BCUT2D eigenvalue weighted by Gasteiger charge is 2.13. The molecule has 0 unspecified atom stereocenters. The predicted octanol–water partition coefficient (Wildman–Crippen LogP) is 6.54. The molecule has 0 radical (unpaired) electrons. The molecule has 0 atom stereocenters. The first kappa shape index (κ1) is 28.1. The molecule has 5 heteroatoms. The summed E-state index contributed by atoms with van der Waals surface area (Å²) in [7, 11) is 0. The molecule has 1 aromatic carbocycles. The molecule has 0 aliphatic carbocycles. The number of Topliss-reactive ketones (excluding diaryl/α,β-unsaturated/α-hetero) is 1. The maximum absolute atomic E-state index is 12.1. The van der Waals surface area contributed by atoms with Crippen molar-refractivity contribution in [3.05, 3.63) is 29.3 Å². The number of carbonyl (C=O) groups is 2. The molecule has 0 amide bonds. The van der Waals surface area contributed by atoms with E-state index in [2.05, 4.69) is 32.6 Å². The maximum atomic E-state index is 12.1. The summed E-state index contributed by atoms with van der Waals surface area (Å²) in [5.74, 6) is -1.59. The van der Waals surface area contributed by atoms with Crippen LogP contribution in [0.2, 0.25) is 0 Å². The molecule has 0 bridgehead atoms. The van der Waals surface area contributed by atoms with Crippen LogP contribution in [0, 0.1) is 0 Å². The minimum absolute atomic E-state index is 0.0598. The topological polar surface area (TPSA) is 77.8 Å². The van der Waals surface area contributed by atoms with Crippen LogP contribution in [0.4, 0.5) is 0 Å². The van der Waals surface area contributed by atoms with E-state index in [1.54, 1.807) is 0 Å². The third kappa shape index (κ3) is 12.6. The third-order valence-corrected chi connectivity index (χ3v) is 5.40. The van der Waals surface area contributed by atoms with Crippen molar-refractivity contribution in [1.29, 1.82) is 0 Å². The quantitative estimate of drug-likeness (QED) is 0.248. The maximum Gasteiger partial charge on any atom is 0.339 e. The molecule has 0 aromatic heterocycles. The van der Waals surface area contributed by atoms with Gasteiger partial charge in [0.05, 0.1) is 0 Å². The van der Waals surface area contributed by atoms with E-state index in [0.29, 0.717) is 12.0 Å². The van der Waals surface area contributed by atoms with Gasteiger partial charge < -0.3 is 15.1 Å². The number of ketones is 1. The van der Waals surface area contributed by atoms with E-state index in [0.717, 1.165) is 19.3 Å². The number of nitrogens with zero attached hydrogens (tertiary/aromatic N) is 1. The summed E-state index contributed by atoms with van der Waals surface area (Å²) in [4.78, 5) is 25.4. The highest BCUT2D eigenvalue weighted by Crippen LogP contribution is 2.20. The molecule has 5 nitrogen and oxygen atoms in total. The first-order valence-electron chi connectivity index (χ1n) is 11.7. The van der Waals surface area contributed by atoms with Gasteiger partial charge in [-0.2, -0.15) is 0 Å². The average Bonchev–Trinajstić information content (AvgIpc) is 2.74. The number of rotatable bonds is 15. The first-order valence-corrected chi connectivity index (χ1v) is 11.7. The van der Waals surface area contributed by atoms with E-state index in [1.807, 2.05) is 0 Å². The lowest BCUT2D eigenvalue weighted by Gasteiger charge is -2.13. The molecule has 30 heavy (non-hydrogen) atoms. The number of carbonyl (C=O) groups excluding carboxylic acids is 1. The summed E-state index contributed by atoms with van der Waals surface area (Å²) in [6.07, 6.45) is 11.1. The number of phenols is 1. The van der Waals surface area contributed by atoms with Crippen LogP contribution in [0.5, 0.6) is 5.75 Å². The second kappa shape index (κ2) is 17.9. The molecule has 0 heterocycles. The average molecular weight is 422 g/mol. The largest absolute Gasteiger partial charge is 0.507 e. The second-order valence-electron chi connectivity index (χ2n) is 7.66. The van der Waals surface area contributed by atoms with Gasteiger partial charge in [0.15, 0.2) is 5.78 Å². The summed E-state index contributed by atoms with van der Waals surface area (Å²) in [5.41, 5.74) is 0.141. The molecule has 172 valence electrons. The number of unbranched alkanes of at least 4 members (excludes halogenated alkanes) is 8. The summed E-state index contributed by atoms with van der Waals surface area (Å²) in [6.45, 7) is 12.3. The van der Waals surface area contributed by atoms with Crippen molar-refractivity contribution in [1.82, 2.24) is 4.90 Å². The summed E-state index contributed by atoms with van der Waals surface area (Å²) < 4.78 is 0. The van der Waals surface area contributed by atoms with Gasteiger partial charge in [-0.25, -0.2) is 4.79 Å². The lowest BCUT2D eigenvalue weighted by Crippen LogP contribution is -2.21. The fourth-order valence-corrected chi connectivity index (χ4v) is 3.29. The summed E-state index contributed by atoms with van der Waals surface area (Å²) >= 11 is 0. The standard InChI is InChI=1S/C19H28O4.C6H15N/c1-2-3-4-5-6-7-8-9-10-11-17(20)15-12-13-18(21)16(14-15)19(22)23;1-4-7(5-2)6-3/h12-14,21H,2-11H2,1H3,(H,22,23);4-6H2,1-3H3. The van der Waals surface area contributed by atoms with Crippen LogP contribution in [0.3, 0.4) is 0 Å². The van der Waals surface area contributed by atoms with Gasteiger partial charge in [-0.3, -0.25) is 4.79 Å². The molecular weight excluding hydrogens is 378 g/mol. The molecule has 2 N–H and O–H groups in total. The number of carboxylic acid groups (broad SMARTS) is 1. The third-order valence-electron chi connectivity index (χ3n) is 5.40. The minimum Gasteiger partial charge on any atom is -0.507 e. The van der Waals surface area contributed by atoms with Gasteiger partial charge in [0.1, 0.15) is 11.3 Å². The van der Waals surface area contributed by atoms with E-state index in [4.69, 9.17) is 5.11 Å². The van der Waals surface area contributed by atoms with Crippen molar-refractivity contribution in [3.63, 3.8) is 0 Å². The van der Waals surface area contributed by atoms with Crippen LogP contribution in [-0.2, 0) is 0 Å². The van der Waals surface area contributed by atoms with Crippen molar-refractivity contribution in [3.8, 4) is 5.75 Å². The van der Waals surface area contributed by atoms with Gasteiger partial charge in [-0.1, -0.05) is 79.1 Å². The molecule has 0 saturated heterocycles. The molecule has 0 aliphatic rings. The zero-order chi connectivity index (χ0) is 22.8. The van der Waals surface area contributed by atoms with E-state index in [1.165, 1.54) is 76.4 Å². The zero-order valence-corrected chi connectivity index (χ0v) is 19.6. The number of hydrogen-bond donors (Lipinski definition) is 2. The Morgan fingerprint density at radius 3 is 1.73 bits per heavy atom. The summed E-state index contributed by atoms with van der Waals surface area (Å²) in [5, 5.41) is 18.4. The predicted molar refractivity (Wildman–Crippen MR) is 125 cm³/mol. The molecule has 0 saturated carbocycles. The summed E-state index contributed by atoms with van der Waals surface area (Å²) in [6, 6.07) is 4.01. The first-order chi connectivity index (χ1) is 14.4. The van der Waals surface area contributed by atoms with E-state index < -0.39 is 5.97 Å². The van der Waals surface area contributed by atoms with Crippen molar-refractivity contribution < 1.29 is 19.8 Å². The molecule has 1 aromatic rings. The molecule has 0 aliphatic heterocycles. The van der Waals surface area contributed by atoms with Crippen LogP contribution in [-0.4, -0.2) is 46.5 Å². The van der Waals surface area contributed by atoms with Crippen molar-refractivity contribution in [2.75, 3.05) is 19.6 Å². The molecule has 0 fully saturated rings. The Morgan fingerprint density at radius 1 is 0.800 bits per heavy atom. The van der Waals surface area contributed by atoms with Gasteiger partial charge in [0, 0.05) is 12.0 Å². The van der Waals surface area contributed by atoms with E-state index >= 15 is 0 Å². The Balaban J connectivity index is 0.00000103. The van der Waals surface area contributed by atoms with Crippen LogP contribution < -0.4 is 0 Å². The normalized spacial score (nSPS) is 10.6. The second-order valence-corrected chi connectivity index (χ2v) is 7.66. The monoisotopic (exact) mass is 421 g/mol. The fraction of sp³-hybridized carbons (Fsp3) is 0.680. The zero-order valence-electron chi connectivity index (χ0n) is 19.6. The molecule has 1 rings (SSSR count). The Hall–Kier alpha value is -1.88. The minimum atomic E-state index is -1.22. The number of aromatic carboxylic acids is 1. The van der Waals surface area contributed by atoms with Crippen LogP contribution in [0.1, 0.15) is 113 Å².